The first-order valence-electron chi connectivity index (χ1n) is 12.4. The van der Waals surface area contributed by atoms with Crippen LogP contribution in [0.4, 0.5) is 5.69 Å². The van der Waals surface area contributed by atoms with Crippen molar-refractivity contribution in [2.24, 2.45) is 5.92 Å². The molecule has 0 saturated carbocycles. The average Bonchev–Trinajstić information content (AvgIpc) is 2.82. The zero-order valence-corrected chi connectivity index (χ0v) is 20.2. The Morgan fingerprint density at radius 3 is 2.36 bits per heavy atom. The lowest BCUT2D eigenvalue weighted by Crippen LogP contribution is -2.52. The van der Waals surface area contributed by atoms with Gasteiger partial charge in [-0.1, -0.05) is 68.8 Å². The maximum absolute atomic E-state index is 13.3. The molecule has 2 aromatic carbocycles. The van der Waals surface area contributed by atoms with Crippen LogP contribution >= 0.6 is 0 Å². The third-order valence-corrected chi connectivity index (χ3v) is 7.19. The number of carbonyl (C=O) groups excluding carboxylic acids is 2. The van der Waals surface area contributed by atoms with E-state index in [4.69, 9.17) is 0 Å². The molecule has 2 atom stereocenters. The number of fused-ring (bicyclic) bond motifs is 3. The Morgan fingerprint density at radius 1 is 0.939 bits per heavy atom. The van der Waals surface area contributed by atoms with Crippen molar-refractivity contribution < 1.29 is 9.59 Å². The van der Waals surface area contributed by atoms with E-state index in [2.05, 4.69) is 41.3 Å². The van der Waals surface area contributed by atoms with Crippen LogP contribution in [0.25, 0.3) is 0 Å². The first-order valence-corrected chi connectivity index (χ1v) is 12.4. The number of benzene rings is 2. The Morgan fingerprint density at radius 2 is 1.64 bits per heavy atom. The monoisotopic (exact) mass is 447 g/mol. The van der Waals surface area contributed by atoms with Gasteiger partial charge in [0.15, 0.2) is 0 Å². The lowest BCUT2D eigenvalue weighted by molar-refractivity contribution is -0.131. The molecule has 0 N–H and O–H groups in total. The molecule has 33 heavy (non-hydrogen) atoms. The Hall–Kier alpha value is -2.66. The summed E-state index contributed by atoms with van der Waals surface area (Å²) in [6.45, 7) is 8.45. The minimum absolute atomic E-state index is 0.0772. The van der Waals surface area contributed by atoms with E-state index in [1.165, 1.54) is 5.56 Å². The highest BCUT2D eigenvalue weighted by atomic mass is 16.2. The first-order chi connectivity index (χ1) is 15.9. The number of para-hydroxylation sites is 1. The number of nitrogens with zero attached hydrogens (tertiary/aromatic N) is 3. The topological polar surface area (TPSA) is 43.9 Å². The molecule has 0 spiro atoms. The molecule has 0 aliphatic carbocycles. The zero-order valence-electron chi connectivity index (χ0n) is 20.2. The predicted molar refractivity (Wildman–Crippen MR) is 133 cm³/mol. The highest BCUT2D eigenvalue weighted by molar-refractivity contribution is 5.95. The van der Waals surface area contributed by atoms with E-state index >= 15 is 0 Å². The van der Waals surface area contributed by atoms with Crippen LogP contribution in [0.1, 0.15) is 57.6 Å². The fourth-order valence-corrected chi connectivity index (χ4v) is 5.39. The fraction of sp³-hybridized carbons (Fsp3) is 0.500. The van der Waals surface area contributed by atoms with Crippen LogP contribution in [0, 0.1) is 5.92 Å². The second kappa shape index (κ2) is 10.5. The van der Waals surface area contributed by atoms with E-state index < -0.39 is 0 Å². The predicted octanol–water partition coefficient (Wildman–Crippen LogP) is 4.85. The van der Waals surface area contributed by atoms with Crippen LogP contribution in [0.3, 0.4) is 0 Å². The average molecular weight is 448 g/mol. The van der Waals surface area contributed by atoms with Gasteiger partial charge in [0.05, 0.1) is 0 Å². The zero-order chi connectivity index (χ0) is 23.4. The van der Waals surface area contributed by atoms with Crippen molar-refractivity contribution in [2.45, 2.75) is 71.6 Å². The van der Waals surface area contributed by atoms with Gasteiger partial charge >= 0.3 is 0 Å². The summed E-state index contributed by atoms with van der Waals surface area (Å²) < 4.78 is 0. The molecule has 4 rings (SSSR count). The largest absolute Gasteiger partial charge is 0.337 e. The third kappa shape index (κ3) is 5.47. The molecule has 2 unspecified atom stereocenters. The lowest BCUT2D eigenvalue weighted by Gasteiger charge is -2.44. The number of rotatable bonds is 3. The summed E-state index contributed by atoms with van der Waals surface area (Å²) >= 11 is 0. The van der Waals surface area contributed by atoms with Crippen molar-refractivity contribution in [3.63, 3.8) is 0 Å². The van der Waals surface area contributed by atoms with E-state index in [1.807, 2.05) is 41.8 Å². The van der Waals surface area contributed by atoms with Gasteiger partial charge in [-0.15, -0.1) is 0 Å². The molecule has 2 aliphatic rings. The molecule has 2 amide bonds. The Labute approximate surface area is 198 Å². The maximum Gasteiger partial charge on any atom is 0.229 e. The van der Waals surface area contributed by atoms with Gasteiger partial charge in [-0.2, -0.15) is 0 Å². The number of hydrogen-bond donors (Lipinski definition) is 0. The maximum atomic E-state index is 13.3. The molecular weight excluding hydrogens is 410 g/mol. The van der Waals surface area contributed by atoms with Crippen LogP contribution < -0.4 is 4.90 Å². The second-order valence-electron chi connectivity index (χ2n) is 9.86. The quantitative estimate of drug-likeness (QED) is 0.676. The number of carbonyl (C=O) groups is 2. The van der Waals surface area contributed by atoms with Gasteiger partial charge in [0.2, 0.25) is 11.8 Å². The summed E-state index contributed by atoms with van der Waals surface area (Å²) in [5, 5.41) is 0. The van der Waals surface area contributed by atoms with Crippen molar-refractivity contribution in [2.75, 3.05) is 18.0 Å². The number of anilines is 1. The number of amides is 2. The minimum Gasteiger partial charge on any atom is -0.337 e. The van der Waals surface area contributed by atoms with Crippen molar-refractivity contribution in [3.8, 4) is 0 Å². The molecule has 1 saturated heterocycles. The van der Waals surface area contributed by atoms with E-state index in [-0.39, 0.29) is 17.7 Å². The molecule has 5 heteroatoms. The van der Waals surface area contributed by atoms with E-state index in [1.54, 1.807) is 6.92 Å². The number of hydrogen-bond acceptors (Lipinski definition) is 3. The van der Waals surface area contributed by atoms with Gasteiger partial charge in [0.1, 0.15) is 0 Å². The van der Waals surface area contributed by atoms with Crippen LogP contribution in [0.5, 0.6) is 0 Å². The van der Waals surface area contributed by atoms with Crippen LogP contribution in [-0.2, 0) is 22.7 Å². The van der Waals surface area contributed by atoms with Gasteiger partial charge in [0, 0.05) is 56.8 Å². The Bertz CT molecular complexity index is 959. The van der Waals surface area contributed by atoms with Crippen molar-refractivity contribution >= 4 is 17.5 Å². The van der Waals surface area contributed by atoms with Crippen molar-refractivity contribution in [1.29, 1.82) is 0 Å². The molecule has 2 bridgehead atoms. The molecular formula is C28H37N3O2. The molecule has 5 nitrogen and oxygen atoms in total. The van der Waals surface area contributed by atoms with Gasteiger partial charge in [-0.25, -0.2) is 0 Å². The van der Waals surface area contributed by atoms with Crippen molar-refractivity contribution in [1.82, 2.24) is 9.80 Å². The molecule has 1 fully saturated rings. The fourth-order valence-electron chi connectivity index (χ4n) is 5.39. The van der Waals surface area contributed by atoms with Crippen LogP contribution in [0.2, 0.25) is 0 Å². The summed E-state index contributed by atoms with van der Waals surface area (Å²) in [7, 11) is 0. The van der Waals surface area contributed by atoms with Gasteiger partial charge in [0.25, 0.3) is 0 Å². The van der Waals surface area contributed by atoms with Gasteiger partial charge in [-0.3, -0.25) is 14.5 Å². The first kappa shape index (κ1) is 23.5. The summed E-state index contributed by atoms with van der Waals surface area (Å²) in [5.41, 5.74) is 3.30. The van der Waals surface area contributed by atoms with E-state index in [0.717, 1.165) is 50.0 Å². The van der Waals surface area contributed by atoms with E-state index in [0.29, 0.717) is 25.2 Å². The standard InChI is InChI=1S/C28H37N3O2/c1-21(2)28(33)30-17-16-25-13-9-14-26(31(25)18-23-10-5-4-6-11-23)20-29(22(3)32)19-24-12-7-8-15-27(24)30/h4-8,10-12,15,21,25-26H,9,13-14,16-20H2,1-3H3. The number of piperidine rings is 1. The second-order valence-corrected chi connectivity index (χ2v) is 9.86. The SMILES string of the molecule is CC(=O)N1Cc2ccccc2N(C(=O)C(C)C)CCC2CCCC(C1)N2Cc1ccccc1. The molecule has 0 aromatic heterocycles. The molecule has 176 valence electrons. The van der Waals surface area contributed by atoms with Crippen LogP contribution in [-0.4, -0.2) is 46.8 Å². The molecule has 2 aromatic rings. The summed E-state index contributed by atoms with van der Waals surface area (Å²) in [4.78, 5) is 32.6. The van der Waals surface area contributed by atoms with Gasteiger partial charge in [-0.05, 0) is 36.5 Å². The highest BCUT2D eigenvalue weighted by Gasteiger charge is 2.34. The molecule has 0 radical (unpaired) electrons. The normalized spacial score (nSPS) is 21.9. The van der Waals surface area contributed by atoms with E-state index in [9.17, 15) is 9.59 Å². The van der Waals surface area contributed by atoms with Crippen LogP contribution in [0.15, 0.2) is 54.6 Å². The van der Waals surface area contributed by atoms with Crippen molar-refractivity contribution in [3.05, 3.63) is 65.7 Å². The highest BCUT2D eigenvalue weighted by Crippen LogP contribution is 2.32. The smallest absolute Gasteiger partial charge is 0.229 e. The lowest BCUT2D eigenvalue weighted by atomic mass is 9.92. The molecule has 2 heterocycles. The minimum atomic E-state index is -0.0772. The Balaban J connectivity index is 1.73. The summed E-state index contributed by atoms with van der Waals surface area (Å²) in [6, 6.07) is 19.5. The summed E-state index contributed by atoms with van der Waals surface area (Å²) in [6.07, 6.45) is 4.34. The third-order valence-electron chi connectivity index (χ3n) is 7.19. The van der Waals surface area contributed by atoms with Gasteiger partial charge < -0.3 is 9.80 Å². The summed E-state index contributed by atoms with van der Waals surface area (Å²) in [5.74, 6) is 0.164. The molecule has 2 aliphatic heterocycles. The Kier molecular flexibility index (Phi) is 7.49.